The van der Waals surface area contributed by atoms with Gasteiger partial charge in [-0.15, -0.1) is 0 Å². The molecule has 5 heterocycles. The smallest absolute Gasteiger partial charge is 0.469 e. The largest absolute Gasteiger partial charge is 0.534 e. The van der Waals surface area contributed by atoms with Crippen molar-refractivity contribution < 1.29 is 58.8 Å². The van der Waals surface area contributed by atoms with Gasteiger partial charge in [0.05, 0.1) is 17.7 Å². The van der Waals surface area contributed by atoms with Gasteiger partial charge in [-0.1, -0.05) is 80.6 Å². The summed E-state index contributed by atoms with van der Waals surface area (Å²) in [6.07, 6.45) is -0.562. The van der Waals surface area contributed by atoms with Crippen molar-refractivity contribution in [2.75, 3.05) is 11.9 Å². The van der Waals surface area contributed by atoms with E-state index in [1.807, 2.05) is 42.5 Å². The summed E-state index contributed by atoms with van der Waals surface area (Å²) in [4.78, 5) is 63.1. The maximum Gasteiger partial charge on any atom is 0.534 e. The van der Waals surface area contributed by atoms with Gasteiger partial charge in [0.1, 0.15) is 29.9 Å². The van der Waals surface area contributed by atoms with Gasteiger partial charge >= 0.3 is 21.7 Å². The number of carbonyl (C=O) groups excluding carboxylic acids is 4. The molecule has 4 aromatic carbocycles. The molecular formula is C44H36BrF3N6O10S. The molecule has 21 heteroatoms. The monoisotopic (exact) mass is 976 g/mol. The number of hydrogen-bond donors (Lipinski definition) is 5. The summed E-state index contributed by atoms with van der Waals surface area (Å²) >= 11 is 3.63. The van der Waals surface area contributed by atoms with Gasteiger partial charge in [0.15, 0.2) is 29.2 Å². The molecule has 1 spiro atoms. The lowest BCUT2D eigenvalue weighted by Gasteiger charge is -2.28. The molecule has 9 rings (SSSR count). The number of halogens is 4. The number of alkyl carbamates (subject to hydrolysis) is 1. The number of anilines is 1. The van der Waals surface area contributed by atoms with E-state index in [1.165, 1.54) is 12.1 Å². The maximum atomic E-state index is 14.6. The average molecular weight is 978 g/mol. The number of alkyl halides is 3. The second kappa shape index (κ2) is 16.3. The summed E-state index contributed by atoms with van der Waals surface area (Å²) in [5.74, 6) is -2.88. The van der Waals surface area contributed by atoms with Crippen molar-refractivity contribution in [2.45, 2.75) is 56.1 Å². The van der Waals surface area contributed by atoms with Crippen LogP contribution in [0.4, 0.5) is 23.7 Å². The number of oxazole rings is 1. The number of amides is 3. The minimum atomic E-state index is -6.04. The van der Waals surface area contributed by atoms with Crippen molar-refractivity contribution in [1.82, 2.24) is 25.9 Å². The molecule has 3 aliphatic heterocycles. The topological polar surface area (TPSA) is 220 Å². The van der Waals surface area contributed by atoms with Gasteiger partial charge in [0, 0.05) is 39.2 Å². The lowest BCUT2D eigenvalue weighted by molar-refractivity contribution is -0.124. The van der Waals surface area contributed by atoms with Gasteiger partial charge in [-0.25, -0.2) is 9.78 Å². The number of ether oxygens (including phenoxy) is 2. The Morgan fingerprint density at radius 1 is 1.00 bits per heavy atom. The Labute approximate surface area is 375 Å². The maximum absolute atomic E-state index is 14.6. The molecule has 0 saturated carbocycles. The lowest BCUT2D eigenvalue weighted by atomic mass is 9.72. The fourth-order valence-corrected chi connectivity index (χ4v) is 9.28. The van der Waals surface area contributed by atoms with Crippen molar-refractivity contribution in [3.8, 4) is 11.5 Å². The van der Waals surface area contributed by atoms with E-state index in [4.69, 9.17) is 18.9 Å². The first-order chi connectivity index (χ1) is 31.0. The van der Waals surface area contributed by atoms with E-state index in [1.54, 1.807) is 38.1 Å². The van der Waals surface area contributed by atoms with E-state index in [0.717, 1.165) is 17.8 Å². The molecule has 5 N–H and O–H groups in total. The number of H-pyrrole nitrogens is 1. The summed E-state index contributed by atoms with van der Waals surface area (Å²) in [7, 11) is -6.04. The van der Waals surface area contributed by atoms with Crippen LogP contribution in [0.1, 0.15) is 74.6 Å². The zero-order valence-electron chi connectivity index (χ0n) is 34.0. The van der Waals surface area contributed by atoms with E-state index in [2.05, 4.69) is 46.4 Å². The Hall–Kier alpha value is -6.87. The molecule has 1 unspecified atom stereocenters. The Bertz CT molecular complexity index is 3030. The summed E-state index contributed by atoms with van der Waals surface area (Å²) in [5.41, 5.74) is -4.47. The average Bonchev–Trinajstić information content (AvgIpc) is 4.04. The first kappa shape index (κ1) is 43.4. The van der Waals surface area contributed by atoms with E-state index < -0.39 is 81.3 Å². The van der Waals surface area contributed by atoms with E-state index in [0.29, 0.717) is 32.6 Å². The Morgan fingerprint density at radius 2 is 1.77 bits per heavy atom. The van der Waals surface area contributed by atoms with Gasteiger partial charge in [-0.05, 0) is 51.2 Å². The number of carbonyl (C=O) groups is 4. The third-order valence-corrected chi connectivity index (χ3v) is 13.0. The molecule has 2 aromatic heterocycles. The Balaban J connectivity index is 1.09. The van der Waals surface area contributed by atoms with Crippen molar-refractivity contribution in [3.63, 3.8) is 0 Å². The summed E-state index contributed by atoms with van der Waals surface area (Å²) in [6.45, 7) is 2.90. The normalized spacial score (nSPS) is 19.7. The van der Waals surface area contributed by atoms with Gasteiger partial charge in [-0.3, -0.25) is 14.4 Å². The number of Topliss-reactive ketones (excluding diaryl/α,β-unsaturated/α-hetero) is 1. The number of rotatable bonds is 10. The number of benzene rings is 4. The standard InChI is InChI=1S/C44H36BrF3N6O10S/c1-21(2)33-40-53-36(39(57)50-19-30(55)25-18-49-34-24(25)10-6-13-32(34)64-65(59,60)44(46,47)48)37(63-40)43-26-11-7-12-28(45)35(26)54-41(43)62-31-15-14-23(16-27(31)43)17-29(38(56)52-33)51-42(58)61-20-22-8-4-3-5-9-22/h3-16,18,21,29,33,41,49,54H,17,19-20H2,1-2H3,(H,50,57)(H,51,58)(H,52,56)/t29-,33-,41?,43-/m0/s1. The van der Waals surface area contributed by atoms with Crippen LogP contribution >= 0.6 is 15.9 Å². The third kappa shape index (κ3) is 7.60. The van der Waals surface area contributed by atoms with E-state index in [9.17, 15) is 40.8 Å². The van der Waals surface area contributed by atoms with E-state index >= 15 is 0 Å². The van der Waals surface area contributed by atoms with Crippen molar-refractivity contribution in [2.24, 2.45) is 5.92 Å². The zero-order chi connectivity index (χ0) is 46.0. The number of aromatic amines is 1. The minimum absolute atomic E-state index is 0.0192. The molecule has 65 heavy (non-hydrogen) atoms. The highest BCUT2D eigenvalue weighted by Crippen LogP contribution is 2.59. The second-order valence-electron chi connectivity index (χ2n) is 15.8. The molecule has 336 valence electrons. The van der Waals surface area contributed by atoms with Crippen LogP contribution in [0.5, 0.6) is 11.5 Å². The third-order valence-electron chi connectivity index (χ3n) is 11.4. The van der Waals surface area contributed by atoms with Crippen LogP contribution < -0.4 is 30.2 Å². The van der Waals surface area contributed by atoms with E-state index in [-0.39, 0.29) is 46.8 Å². The highest BCUT2D eigenvalue weighted by Gasteiger charge is 2.61. The molecule has 3 aliphatic rings. The lowest BCUT2D eigenvalue weighted by Crippen LogP contribution is -2.49. The Morgan fingerprint density at radius 3 is 2.52 bits per heavy atom. The first-order valence-electron chi connectivity index (χ1n) is 20.0. The summed E-state index contributed by atoms with van der Waals surface area (Å²) < 4.78 is 86.8. The fourth-order valence-electron chi connectivity index (χ4n) is 8.33. The van der Waals surface area contributed by atoms with Crippen molar-refractivity contribution in [1.29, 1.82) is 0 Å². The minimum Gasteiger partial charge on any atom is -0.469 e. The number of aromatic nitrogens is 2. The number of ketones is 1. The quantitative estimate of drug-likeness (QED) is 0.0538. The zero-order valence-corrected chi connectivity index (χ0v) is 36.4. The molecule has 3 amide bonds. The Kier molecular flexibility index (Phi) is 10.9. The van der Waals surface area contributed by atoms with Crippen LogP contribution in [0.25, 0.3) is 10.9 Å². The van der Waals surface area contributed by atoms with Gasteiger partial charge in [-0.2, -0.15) is 21.6 Å². The number of hydrogen-bond acceptors (Lipinski definition) is 12. The molecule has 4 atom stereocenters. The first-order valence-corrected chi connectivity index (χ1v) is 22.2. The van der Waals surface area contributed by atoms with Crippen LogP contribution in [0.2, 0.25) is 0 Å². The molecule has 0 fully saturated rings. The van der Waals surface area contributed by atoms with Crippen LogP contribution in [0.3, 0.4) is 0 Å². The SMILES string of the molecule is CC(C)[C@@H]1NC(=O)[C@@H](NC(=O)OCc2ccccc2)Cc2ccc3c(c2)[C@@]2(c4cccc(Br)c4NC2O3)c2oc1nc2C(=O)NCC(=O)c1c[nH]c2c(OS(=O)(=O)C(F)(F)F)cccc12. The van der Waals surface area contributed by atoms with Gasteiger partial charge < -0.3 is 44.3 Å². The van der Waals surface area contributed by atoms with Crippen LogP contribution in [-0.2, 0) is 38.1 Å². The molecule has 0 aliphatic carbocycles. The molecule has 16 nitrogen and oxygen atoms in total. The second-order valence-corrected chi connectivity index (χ2v) is 18.2. The molecule has 4 bridgehead atoms. The van der Waals surface area contributed by atoms with Crippen LogP contribution in [0.15, 0.2) is 100 Å². The number of nitrogens with zero attached hydrogens (tertiary/aromatic N) is 1. The number of nitrogens with one attached hydrogen (secondary N) is 5. The van der Waals surface area contributed by atoms with Crippen LogP contribution in [0, 0.1) is 5.92 Å². The van der Waals surface area contributed by atoms with Crippen molar-refractivity contribution >= 4 is 66.3 Å². The number of para-hydroxylation sites is 2. The molecule has 0 radical (unpaired) electrons. The molecule has 6 aromatic rings. The highest BCUT2D eigenvalue weighted by molar-refractivity contribution is 9.10. The predicted octanol–water partition coefficient (Wildman–Crippen LogP) is 6.90. The van der Waals surface area contributed by atoms with Gasteiger partial charge in [0.2, 0.25) is 11.8 Å². The number of fused-ring (bicyclic) bond motifs is 5. The summed E-state index contributed by atoms with van der Waals surface area (Å²) in [5, 5.41) is 11.7. The molecule has 0 saturated heterocycles. The summed E-state index contributed by atoms with van der Waals surface area (Å²) in [6, 6.07) is 21.3. The van der Waals surface area contributed by atoms with Gasteiger partial charge in [0.25, 0.3) is 5.91 Å². The fraction of sp³-hybridized carbons (Fsp3) is 0.250. The highest BCUT2D eigenvalue weighted by atomic mass is 79.9. The van der Waals surface area contributed by atoms with Crippen molar-refractivity contribution in [3.05, 3.63) is 141 Å². The van der Waals surface area contributed by atoms with Crippen LogP contribution in [-0.4, -0.2) is 66.4 Å². The predicted molar refractivity (Wildman–Crippen MR) is 229 cm³/mol. The molecular weight excluding hydrogens is 941 g/mol.